The van der Waals surface area contributed by atoms with Crippen molar-refractivity contribution in [3.8, 4) is 0 Å². The maximum Gasteiger partial charge on any atom is 0.232 e. The van der Waals surface area contributed by atoms with E-state index in [4.69, 9.17) is 0 Å². The summed E-state index contributed by atoms with van der Waals surface area (Å²) in [7, 11) is 1.90. The standard InChI is InChI=1S/C10H20N2OS/c1-12(10(13)8-14)9-4-2-6-11-7-3-5-9/h9,11,14H,2-8H2,1H3. The van der Waals surface area contributed by atoms with Crippen molar-refractivity contribution in [2.45, 2.75) is 31.7 Å². The van der Waals surface area contributed by atoms with Crippen molar-refractivity contribution in [3.05, 3.63) is 0 Å². The number of carbonyl (C=O) groups excluding carboxylic acids is 1. The molecule has 0 saturated carbocycles. The van der Waals surface area contributed by atoms with Crippen molar-refractivity contribution in [2.24, 2.45) is 0 Å². The maximum atomic E-state index is 11.4. The summed E-state index contributed by atoms with van der Waals surface area (Å²) in [6, 6.07) is 0.428. The summed E-state index contributed by atoms with van der Waals surface area (Å²) >= 11 is 4.02. The van der Waals surface area contributed by atoms with Crippen LogP contribution in [0.5, 0.6) is 0 Å². The van der Waals surface area contributed by atoms with E-state index in [1.807, 2.05) is 11.9 Å². The molecule has 0 aliphatic carbocycles. The fourth-order valence-corrected chi connectivity index (χ4v) is 2.12. The van der Waals surface area contributed by atoms with Gasteiger partial charge >= 0.3 is 0 Å². The molecular weight excluding hydrogens is 196 g/mol. The SMILES string of the molecule is CN(C(=O)CS)C1CCCNCCC1. The molecule has 0 aromatic rings. The summed E-state index contributed by atoms with van der Waals surface area (Å²) in [5.74, 6) is 0.470. The fourth-order valence-electron chi connectivity index (χ4n) is 1.90. The van der Waals surface area contributed by atoms with Crippen LogP contribution in [0.3, 0.4) is 0 Å². The van der Waals surface area contributed by atoms with E-state index >= 15 is 0 Å². The molecule has 82 valence electrons. The first kappa shape index (κ1) is 11.9. The summed E-state index contributed by atoms with van der Waals surface area (Å²) in [6.07, 6.45) is 4.55. The van der Waals surface area contributed by atoms with Gasteiger partial charge in [0.25, 0.3) is 0 Å². The zero-order valence-electron chi connectivity index (χ0n) is 8.83. The van der Waals surface area contributed by atoms with E-state index in [-0.39, 0.29) is 5.91 Å². The minimum Gasteiger partial charge on any atom is -0.342 e. The molecule has 1 heterocycles. The Morgan fingerprint density at radius 3 is 2.50 bits per heavy atom. The number of nitrogens with one attached hydrogen (secondary N) is 1. The van der Waals surface area contributed by atoms with E-state index in [2.05, 4.69) is 17.9 Å². The van der Waals surface area contributed by atoms with Gasteiger partial charge in [-0.1, -0.05) is 0 Å². The highest BCUT2D eigenvalue weighted by molar-refractivity contribution is 7.81. The number of hydrogen-bond donors (Lipinski definition) is 2. The van der Waals surface area contributed by atoms with Crippen molar-refractivity contribution >= 4 is 18.5 Å². The van der Waals surface area contributed by atoms with Crippen LogP contribution in [0.2, 0.25) is 0 Å². The molecule has 0 unspecified atom stereocenters. The van der Waals surface area contributed by atoms with Crippen molar-refractivity contribution in [1.29, 1.82) is 0 Å². The van der Waals surface area contributed by atoms with Crippen molar-refractivity contribution in [1.82, 2.24) is 10.2 Å². The second kappa shape index (κ2) is 6.30. The quantitative estimate of drug-likeness (QED) is 0.672. The lowest BCUT2D eigenvalue weighted by Gasteiger charge is -2.29. The Kier molecular flexibility index (Phi) is 5.33. The van der Waals surface area contributed by atoms with Gasteiger partial charge in [-0.25, -0.2) is 0 Å². The Bertz CT molecular complexity index is 179. The molecule has 1 amide bonds. The molecule has 0 spiro atoms. The van der Waals surface area contributed by atoms with E-state index in [1.165, 1.54) is 0 Å². The monoisotopic (exact) mass is 216 g/mol. The second-order valence-electron chi connectivity index (χ2n) is 3.85. The molecular formula is C10H20N2OS. The Morgan fingerprint density at radius 2 is 2.00 bits per heavy atom. The van der Waals surface area contributed by atoms with Crippen LogP contribution in [0.4, 0.5) is 0 Å². The molecule has 1 saturated heterocycles. The van der Waals surface area contributed by atoms with Gasteiger partial charge < -0.3 is 10.2 Å². The number of hydrogen-bond acceptors (Lipinski definition) is 3. The van der Waals surface area contributed by atoms with Gasteiger partial charge in [-0.05, 0) is 38.8 Å². The lowest BCUT2D eigenvalue weighted by atomic mass is 10.0. The Hall–Kier alpha value is -0.220. The van der Waals surface area contributed by atoms with Gasteiger partial charge in [0, 0.05) is 13.1 Å². The second-order valence-corrected chi connectivity index (χ2v) is 4.17. The highest BCUT2D eigenvalue weighted by Gasteiger charge is 2.18. The van der Waals surface area contributed by atoms with Gasteiger partial charge in [0.05, 0.1) is 5.75 Å². The van der Waals surface area contributed by atoms with Gasteiger partial charge in [0.2, 0.25) is 5.91 Å². The van der Waals surface area contributed by atoms with Crippen LogP contribution < -0.4 is 5.32 Å². The average molecular weight is 216 g/mol. The lowest BCUT2D eigenvalue weighted by molar-refractivity contribution is -0.129. The van der Waals surface area contributed by atoms with Crippen LogP contribution in [0.1, 0.15) is 25.7 Å². The van der Waals surface area contributed by atoms with Crippen molar-refractivity contribution < 1.29 is 4.79 Å². The number of carbonyl (C=O) groups is 1. The molecule has 0 atom stereocenters. The summed E-state index contributed by atoms with van der Waals surface area (Å²) in [5.41, 5.74) is 0. The number of amides is 1. The number of rotatable bonds is 2. The molecule has 14 heavy (non-hydrogen) atoms. The highest BCUT2D eigenvalue weighted by Crippen LogP contribution is 2.13. The molecule has 1 fully saturated rings. The van der Waals surface area contributed by atoms with Crippen LogP contribution in [-0.4, -0.2) is 42.7 Å². The van der Waals surface area contributed by atoms with Crippen LogP contribution in [0.15, 0.2) is 0 Å². The third-order valence-electron chi connectivity index (χ3n) is 2.86. The summed E-state index contributed by atoms with van der Waals surface area (Å²) in [6.45, 7) is 2.17. The Morgan fingerprint density at radius 1 is 1.43 bits per heavy atom. The zero-order valence-corrected chi connectivity index (χ0v) is 9.72. The largest absolute Gasteiger partial charge is 0.342 e. The minimum absolute atomic E-state index is 0.145. The van der Waals surface area contributed by atoms with Crippen molar-refractivity contribution in [3.63, 3.8) is 0 Å². The summed E-state index contributed by atoms with van der Waals surface area (Å²) in [4.78, 5) is 13.3. The minimum atomic E-state index is 0.145. The van der Waals surface area contributed by atoms with Gasteiger partial charge in [-0.3, -0.25) is 4.79 Å². The fraction of sp³-hybridized carbons (Fsp3) is 0.900. The molecule has 4 heteroatoms. The summed E-state index contributed by atoms with van der Waals surface area (Å²) < 4.78 is 0. The van der Waals surface area contributed by atoms with E-state index < -0.39 is 0 Å². The van der Waals surface area contributed by atoms with Crippen LogP contribution in [0, 0.1) is 0 Å². The molecule has 1 aliphatic heterocycles. The number of thiol groups is 1. The van der Waals surface area contributed by atoms with Crippen LogP contribution in [0.25, 0.3) is 0 Å². The van der Waals surface area contributed by atoms with E-state index in [0.717, 1.165) is 38.8 Å². The first-order valence-electron chi connectivity index (χ1n) is 5.33. The highest BCUT2D eigenvalue weighted by atomic mass is 32.1. The number of nitrogens with zero attached hydrogens (tertiary/aromatic N) is 1. The topological polar surface area (TPSA) is 32.3 Å². The molecule has 1 rings (SSSR count). The van der Waals surface area contributed by atoms with Gasteiger partial charge in [0.1, 0.15) is 0 Å². The lowest BCUT2D eigenvalue weighted by Crippen LogP contribution is -2.39. The van der Waals surface area contributed by atoms with Gasteiger partial charge in [0.15, 0.2) is 0 Å². The Labute approximate surface area is 91.6 Å². The molecule has 0 aromatic carbocycles. The van der Waals surface area contributed by atoms with Crippen LogP contribution >= 0.6 is 12.6 Å². The zero-order chi connectivity index (χ0) is 10.4. The Balaban J connectivity index is 2.42. The molecule has 1 aliphatic rings. The predicted molar refractivity (Wildman–Crippen MR) is 61.7 cm³/mol. The first-order chi connectivity index (χ1) is 6.75. The maximum absolute atomic E-state index is 11.4. The van der Waals surface area contributed by atoms with E-state index in [0.29, 0.717) is 11.8 Å². The molecule has 3 nitrogen and oxygen atoms in total. The van der Waals surface area contributed by atoms with Gasteiger partial charge in [-0.15, -0.1) is 0 Å². The molecule has 0 radical (unpaired) electrons. The van der Waals surface area contributed by atoms with Crippen molar-refractivity contribution in [2.75, 3.05) is 25.9 Å². The van der Waals surface area contributed by atoms with E-state index in [1.54, 1.807) is 0 Å². The third-order valence-corrected chi connectivity index (χ3v) is 3.13. The predicted octanol–water partition coefficient (Wildman–Crippen LogP) is 0.907. The van der Waals surface area contributed by atoms with Crippen LogP contribution in [-0.2, 0) is 4.79 Å². The first-order valence-corrected chi connectivity index (χ1v) is 5.96. The smallest absolute Gasteiger partial charge is 0.232 e. The molecule has 0 bridgehead atoms. The molecule has 1 N–H and O–H groups in total. The average Bonchev–Trinajstić information content (AvgIpc) is 2.15. The normalized spacial score (nSPS) is 19.9. The van der Waals surface area contributed by atoms with Gasteiger partial charge in [-0.2, -0.15) is 12.6 Å². The third kappa shape index (κ3) is 3.50. The molecule has 0 aromatic heterocycles. The summed E-state index contributed by atoms with van der Waals surface area (Å²) in [5, 5.41) is 3.37. The van der Waals surface area contributed by atoms with E-state index in [9.17, 15) is 4.79 Å².